The van der Waals surface area contributed by atoms with Crippen molar-refractivity contribution in [1.29, 1.82) is 0 Å². The number of pyridine rings is 1. The average Bonchev–Trinajstić information content (AvgIpc) is 2.29. The normalized spacial score (nSPS) is 12.2. The molecule has 17 heavy (non-hydrogen) atoms. The molecule has 3 heteroatoms. The molecule has 0 spiro atoms. The molecule has 1 aromatic carbocycles. The second-order valence-electron chi connectivity index (χ2n) is 4.14. The Balaban J connectivity index is 2.11. The first kappa shape index (κ1) is 12.1. The van der Waals surface area contributed by atoms with Crippen molar-refractivity contribution in [3.05, 3.63) is 58.2 Å². The van der Waals surface area contributed by atoms with Crippen molar-refractivity contribution in [2.24, 2.45) is 0 Å². The van der Waals surface area contributed by atoms with Gasteiger partial charge in [0.05, 0.1) is 0 Å². The monoisotopic (exact) mass is 290 g/mol. The van der Waals surface area contributed by atoms with Crippen LogP contribution in [-0.2, 0) is 0 Å². The summed E-state index contributed by atoms with van der Waals surface area (Å²) in [7, 11) is 0. The summed E-state index contributed by atoms with van der Waals surface area (Å²) in [5.74, 6) is 0.917. The van der Waals surface area contributed by atoms with Crippen molar-refractivity contribution in [3.63, 3.8) is 0 Å². The molecule has 0 aliphatic carbocycles. The SMILES string of the molecule is Cc1ccnc(NC(C)c2ccc(Br)cc2)c1. The highest BCUT2D eigenvalue weighted by atomic mass is 79.9. The molecule has 88 valence electrons. The van der Waals surface area contributed by atoms with E-state index in [1.54, 1.807) is 0 Å². The summed E-state index contributed by atoms with van der Waals surface area (Å²) < 4.78 is 1.10. The van der Waals surface area contributed by atoms with Gasteiger partial charge in [0.1, 0.15) is 5.82 Å². The molecule has 2 aromatic rings. The van der Waals surface area contributed by atoms with Crippen LogP contribution in [0, 0.1) is 6.92 Å². The van der Waals surface area contributed by atoms with E-state index in [0.717, 1.165) is 10.3 Å². The van der Waals surface area contributed by atoms with Crippen LogP contribution in [-0.4, -0.2) is 4.98 Å². The Hall–Kier alpha value is -1.35. The molecule has 0 bridgehead atoms. The van der Waals surface area contributed by atoms with Crippen LogP contribution in [0.5, 0.6) is 0 Å². The number of aromatic nitrogens is 1. The van der Waals surface area contributed by atoms with E-state index in [2.05, 4.69) is 70.4 Å². The van der Waals surface area contributed by atoms with Gasteiger partial charge >= 0.3 is 0 Å². The molecule has 1 N–H and O–H groups in total. The number of nitrogens with one attached hydrogen (secondary N) is 1. The van der Waals surface area contributed by atoms with E-state index in [9.17, 15) is 0 Å². The van der Waals surface area contributed by atoms with Gasteiger partial charge in [-0.2, -0.15) is 0 Å². The van der Waals surface area contributed by atoms with E-state index in [1.807, 2.05) is 12.3 Å². The summed E-state index contributed by atoms with van der Waals surface area (Å²) in [6.45, 7) is 4.20. The molecule has 0 amide bonds. The van der Waals surface area contributed by atoms with Gasteiger partial charge in [0.15, 0.2) is 0 Å². The zero-order valence-electron chi connectivity index (χ0n) is 9.94. The molecule has 0 aliphatic rings. The molecule has 0 fully saturated rings. The lowest BCUT2D eigenvalue weighted by atomic mass is 10.1. The number of nitrogens with zero attached hydrogens (tertiary/aromatic N) is 1. The van der Waals surface area contributed by atoms with Gasteiger partial charge in [-0.05, 0) is 49.2 Å². The number of halogens is 1. The van der Waals surface area contributed by atoms with Gasteiger partial charge < -0.3 is 5.32 Å². The Kier molecular flexibility index (Phi) is 3.79. The minimum atomic E-state index is 0.248. The maximum absolute atomic E-state index is 4.30. The third-order valence-corrected chi connectivity index (χ3v) is 3.18. The highest BCUT2D eigenvalue weighted by molar-refractivity contribution is 9.10. The molecule has 0 aliphatic heterocycles. The highest BCUT2D eigenvalue weighted by Gasteiger charge is 2.05. The van der Waals surface area contributed by atoms with E-state index >= 15 is 0 Å². The van der Waals surface area contributed by atoms with Crippen molar-refractivity contribution < 1.29 is 0 Å². The molecule has 2 rings (SSSR count). The van der Waals surface area contributed by atoms with Crippen LogP contribution in [0.25, 0.3) is 0 Å². The lowest BCUT2D eigenvalue weighted by molar-refractivity contribution is 0.873. The van der Waals surface area contributed by atoms with E-state index in [1.165, 1.54) is 11.1 Å². The number of benzene rings is 1. The summed E-state index contributed by atoms with van der Waals surface area (Å²) in [4.78, 5) is 4.30. The van der Waals surface area contributed by atoms with E-state index in [4.69, 9.17) is 0 Å². The van der Waals surface area contributed by atoms with Gasteiger partial charge in [-0.25, -0.2) is 4.98 Å². The van der Waals surface area contributed by atoms with Crippen LogP contribution >= 0.6 is 15.9 Å². The van der Waals surface area contributed by atoms with Gasteiger partial charge in [0, 0.05) is 16.7 Å². The third kappa shape index (κ3) is 3.30. The van der Waals surface area contributed by atoms with E-state index in [-0.39, 0.29) is 6.04 Å². The molecule has 0 radical (unpaired) electrons. The standard InChI is InChI=1S/C14H15BrN2/c1-10-7-8-16-14(9-10)17-11(2)12-3-5-13(15)6-4-12/h3-9,11H,1-2H3,(H,16,17). The maximum Gasteiger partial charge on any atom is 0.126 e. The van der Waals surface area contributed by atoms with Gasteiger partial charge in [-0.1, -0.05) is 28.1 Å². The lowest BCUT2D eigenvalue weighted by Gasteiger charge is -2.15. The van der Waals surface area contributed by atoms with Crippen LogP contribution < -0.4 is 5.32 Å². The van der Waals surface area contributed by atoms with Crippen LogP contribution in [0.3, 0.4) is 0 Å². The predicted molar refractivity (Wildman–Crippen MR) is 75.2 cm³/mol. The first-order valence-corrected chi connectivity index (χ1v) is 6.39. The molecular formula is C14H15BrN2. The second-order valence-corrected chi connectivity index (χ2v) is 5.05. The first-order chi connectivity index (χ1) is 8.15. The molecule has 1 atom stereocenters. The fourth-order valence-electron chi connectivity index (χ4n) is 1.67. The summed E-state index contributed by atoms with van der Waals surface area (Å²) in [5, 5.41) is 3.39. The summed E-state index contributed by atoms with van der Waals surface area (Å²) >= 11 is 3.44. The topological polar surface area (TPSA) is 24.9 Å². The number of anilines is 1. The number of hydrogen-bond acceptors (Lipinski definition) is 2. The molecule has 1 unspecified atom stereocenters. The van der Waals surface area contributed by atoms with Crippen molar-refractivity contribution in [2.75, 3.05) is 5.32 Å². The number of hydrogen-bond donors (Lipinski definition) is 1. The maximum atomic E-state index is 4.30. The van der Waals surface area contributed by atoms with E-state index < -0.39 is 0 Å². The summed E-state index contributed by atoms with van der Waals surface area (Å²) in [5.41, 5.74) is 2.46. The Morgan fingerprint density at radius 2 is 1.88 bits per heavy atom. The number of rotatable bonds is 3. The molecule has 1 heterocycles. The van der Waals surface area contributed by atoms with Crippen LogP contribution in [0.4, 0.5) is 5.82 Å². The molecular weight excluding hydrogens is 276 g/mol. The highest BCUT2D eigenvalue weighted by Crippen LogP contribution is 2.20. The van der Waals surface area contributed by atoms with Gasteiger partial charge in [0.25, 0.3) is 0 Å². The minimum absolute atomic E-state index is 0.248. The fraction of sp³-hybridized carbons (Fsp3) is 0.214. The third-order valence-electron chi connectivity index (χ3n) is 2.65. The Bertz CT molecular complexity index is 494. The van der Waals surface area contributed by atoms with Gasteiger partial charge in [-0.3, -0.25) is 0 Å². The zero-order chi connectivity index (χ0) is 12.3. The van der Waals surface area contributed by atoms with Crippen LogP contribution in [0.1, 0.15) is 24.1 Å². The average molecular weight is 291 g/mol. The Morgan fingerprint density at radius 3 is 2.53 bits per heavy atom. The largest absolute Gasteiger partial charge is 0.364 e. The van der Waals surface area contributed by atoms with Crippen LogP contribution in [0.2, 0.25) is 0 Å². The minimum Gasteiger partial charge on any atom is -0.364 e. The second kappa shape index (κ2) is 5.32. The van der Waals surface area contributed by atoms with Gasteiger partial charge in [-0.15, -0.1) is 0 Å². The van der Waals surface area contributed by atoms with Crippen molar-refractivity contribution >= 4 is 21.7 Å². The zero-order valence-corrected chi connectivity index (χ0v) is 11.5. The molecule has 1 aromatic heterocycles. The summed E-state index contributed by atoms with van der Waals surface area (Å²) in [6, 6.07) is 12.6. The first-order valence-electron chi connectivity index (χ1n) is 5.60. The Morgan fingerprint density at radius 1 is 1.18 bits per heavy atom. The predicted octanol–water partition coefficient (Wildman–Crippen LogP) is 4.33. The van der Waals surface area contributed by atoms with E-state index in [0.29, 0.717) is 0 Å². The van der Waals surface area contributed by atoms with Crippen molar-refractivity contribution in [2.45, 2.75) is 19.9 Å². The lowest BCUT2D eigenvalue weighted by Crippen LogP contribution is -2.07. The van der Waals surface area contributed by atoms with Crippen molar-refractivity contribution in [1.82, 2.24) is 4.98 Å². The molecule has 0 saturated carbocycles. The molecule has 0 saturated heterocycles. The summed E-state index contributed by atoms with van der Waals surface area (Å²) in [6.07, 6.45) is 1.83. The molecule has 2 nitrogen and oxygen atoms in total. The van der Waals surface area contributed by atoms with Crippen LogP contribution in [0.15, 0.2) is 47.1 Å². The Labute approximate surface area is 110 Å². The quantitative estimate of drug-likeness (QED) is 0.910. The number of aryl methyl sites for hydroxylation is 1. The smallest absolute Gasteiger partial charge is 0.126 e. The van der Waals surface area contributed by atoms with Gasteiger partial charge in [0.2, 0.25) is 0 Å². The fourth-order valence-corrected chi connectivity index (χ4v) is 1.94. The van der Waals surface area contributed by atoms with Crippen molar-refractivity contribution in [3.8, 4) is 0 Å².